The first-order valence-electron chi connectivity index (χ1n) is 7.38. The number of nitrogens with zero attached hydrogens (tertiary/aromatic N) is 1. The SMILES string of the molecule is COC(=O)C(=O)N[C@@H](Cc1ccc([N+](=O)[O-])cc1)C(=O)OC(C)(C)C. The van der Waals surface area contributed by atoms with Crippen LogP contribution in [0.2, 0.25) is 0 Å². The van der Waals surface area contributed by atoms with Crippen molar-refractivity contribution in [3.05, 3.63) is 39.9 Å². The number of non-ortho nitro benzene ring substituents is 1. The molecule has 136 valence electrons. The van der Waals surface area contributed by atoms with Crippen LogP contribution in [0.25, 0.3) is 0 Å². The summed E-state index contributed by atoms with van der Waals surface area (Å²) in [6, 6.07) is 4.33. The van der Waals surface area contributed by atoms with Crippen LogP contribution in [-0.4, -0.2) is 41.5 Å². The van der Waals surface area contributed by atoms with Gasteiger partial charge in [0.2, 0.25) is 0 Å². The third-order valence-electron chi connectivity index (χ3n) is 2.95. The third kappa shape index (κ3) is 6.58. The maximum atomic E-state index is 12.3. The first-order chi connectivity index (χ1) is 11.5. The molecule has 0 aliphatic heterocycles. The molecule has 0 aliphatic rings. The van der Waals surface area contributed by atoms with Gasteiger partial charge in [-0.15, -0.1) is 0 Å². The average molecular weight is 352 g/mol. The summed E-state index contributed by atoms with van der Waals surface area (Å²) >= 11 is 0. The van der Waals surface area contributed by atoms with E-state index in [2.05, 4.69) is 10.1 Å². The van der Waals surface area contributed by atoms with Crippen LogP contribution < -0.4 is 5.32 Å². The highest BCUT2D eigenvalue weighted by Crippen LogP contribution is 2.15. The Hall–Kier alpha value is -2.97. The number of methoxy groups -OCH3 is 1. The van der Waals surface area contributed by atoms with Gasteiger partial charge in [0.25, 0.3) is 5.69 Å². The van der Waals surface area contributed by atoms with Crippen LogP contribution in [0.3, 0.4) is 0 Å². The molecule has 0 heterocycles. The lowest BCUT2D eigenvalue weighted by molar-refractivity contribution is -0.384. The fraction of sp³-hybridized carbons (Fsp3) is 0.438. The van der Waals surface area contributed by atoms with Crippen molar-refractivity contribution in [2.24, 2.45) is 0 Å². The van der Waals surface area contributed by atoms with Crippen molar-refractivity contribution in [1.29, 1.82) is 0 Å². The monoisotopic (exact) mass is 352 g/mol. The number of ether oxygens (including phenoxy) is 2. The highest BCUT2D eigenvalue weighted by molar-refractivity contribution is 6.32. The minimum atomic E-state index is -1.15. The van der Waals surface area contributed by atoms with E-state index < -0.39 is 34.4 Å². The van der Waals surface area contributed by atoms with E-state index >= 15 is 0 Å². The lowest BCUT2D eigenvalue weighted by atomic mass is 10.0. The Morgan fingerprint density at radius 2 is 1.76 bits per heavy atom. The number of hydrogen-bond acceptors (Lipinski definition) is 7. The fourth-order valence-electron chi connectivity index (χ4n) is 1.87. The molecular weight excluding hydrogens is 332 g/mol. The standard InChI is InChI=1S/C16H20N2O7/c1-16(2,3)25-14(20)12(17-13(19)15(21)24-4)9-10-5-7-11(8-6-10)18(22)23/h5-8,12H,9H2,1-4H3,(H,17,19)/t12-/m0/s1. The molecule has 0 unspecified atom stereocenters. The van der Waals surface area contributed by atoms with Gasteiger partial charge in [0.15, 0.2) is 0 Å². The Morgan fingerprint density at radius 1 is 1.20 bits per heavy atom. The second-order valence-corrected chi connectivity index (χ2v) is 6.18. The van der Waals surface area contributed by atoms with E-state index in [-0.39, 0.29) is 12.1 Å². The van der Waals surface area contributed by atoms with Crippen molar-refractivity contribution in [3.8, 4) is 0 Å². The van der Waals surface area contributed by atoms with Gasteiger partial charge in [-0.1, -0.05) is 12.1 Å². The lowest BCUT2D eigenvalue weighted by Gasteiger charge is -2.24. The topological polar surface area (TPSA) is 125 Å². The van der Waals surface area contributed by atoms with Gasteiger partial charge in [-0.2, -0.15) is 0 Å². The van der Waals surface area contributed by atoms with Crippen LogP contribution in [0.5, 0.6) is 0 Å². The van der Waals surface area contributed by atoms with E-state index in [1.165, 1.54) is 24.3 Å². The summed E-state index contributed by atoms with van der Waals surface area (Å²) in [4.78, 5) is 45.4. The van der Waals surface area contributed by atoms with Gasteiger partial charge in [-0.3, -0.25) is 14.9 Å². The average Bonchev–Trinajstić information content (AvgIpc) is 2.52. The van der Waals surface area contributed by atoms with Crippen molar-refractivity contribution >= 4 is 23.5 Å². The fourth-order valence-corrected chi connectivity index (χ4v) is 1.87. The first kappa shape index (κ1) is 20.1. The van der Waals surface area contributed by atoms with E-state index in [9.17, 15) is 24.5 Å². The molecule has 0 aromatic heterocycles. The molecule has 1 atom stereocenters. The molecule has 0 aliphatic carbocycles. The van der Waals surface area contributed by atoms with Crippen LogP contribution in [0.1, 0.15) is 26.3 Å². The molecule has 1 amide bonds. The molecule has 25 heavy (non-hydrogen) atoms. The molecule has 9 nitrogen and oxygen atoms in total. The first-order valence-corrected chi connectivity index (χ1v) is 7.38. The van der Waals surface area contributed by atoms with Crippen LogP contribution in [0, 0.1) is 10.1 Å². The molecule has 0 radical (unpaired) electrons. The van der Waals surface area contributed by atoms with E-state index in [1.807, 2.05) is 0 Å². The number of nitro benzene ring substituents is 1. The molecule has 0 spiro atoms. The number of esters is 2. The minimum Gasteiger partial charge on any atom is -0.462 e. The maximum absolute atomic E-state index is 12.3. The Labute approximate surface area is 144 Å². The second-order valence-electron chi connectivity index (χ2n) is 6.18. The van der Waals surface area contributed by atoms with E-state index in [1.54, 1.807) is 20.8 Å². The summed E-state index contributed by atoms with van der Waals surface area (Å²) < 4.78 is 9.54. The van der Waals surface area contributed by atoms with Crippen LogP contribution in [0.15, 0.2) is 24.3 Å². The summed E-state index contributed by atoms with van der Waals surface area (Å²) in [5, 5.41) is 12.9. The van der Waals surface area contributed by atoms with Crippen molar-refractivity contribution in [3.63, 3.8) is 0 Å². The van der Waals surface area contributed by atoms with Crippen LogP contribution in [0.4, 0.5) is 5.69 Å². The predicted molar refractivity (Wildman–Crippen MR) is 86.6 cm³/mol. The molecule has 0 saturated heterocycles. The molecular formula is C16H20N2O7. The Balaban J connectivity index is 2.96. The number of rotatable bonds is 5. The van der Waals surface area contributed by atoms with Crippen molar-refractivity contribution in [2.75, 3.05) is 7.11 Å². The number of amides is 1. The molecule has 1 aromatic carbocycles. The number of nitrogens with one attached hydrogen (secondary N) is 1. The number of carbonyl (C=O) groups excluding carboxylic acids is 3. The van der Waals surface area contributed by atoms with E-state index in [0.29, 0.717) is 5.56 Å². The molecule has 1 rings (SSSR count). The Kier molecular flexibility index (Phi) is 6.60. The highest BCUT2D eigenvalue weighted by atomic mass is 16.6. The van der Waals surface area contributed by atoms with Gasteiger partial charge in [-0.25, -0.2) is 9.59 Å². The highest BCUT2D eigenvalue weighted by Gasteiger charge is 2.29. The summed E-state index contributed by atoms with van der Waals surface area (Å²) in [5.41, 5.74) is -0.344. The van der Waals surface area contributed by atoms with Gasteiger partial charge in [-0.05, 0) is 26.3 Å². The zero-order valence-electron chi connectivity index (χ0n) is 14.4. The molecule has 0 bridgehead atoms. The maximum Gasteiger partial charge on any atom is 0.396 e. The predicted octanol–water partition coefficient (Wildman–Crippen LogP) is 1.14. The zero-order chi connectivity index (χ0) is 19.2. The van der Waals surface area contributed by atoms with Crippen LogP contribution in [-0.2, 0) is 30.3 Å². The zero-order valence-corrected chi connectivity index (χ0v) is 14.4. The van der Waals surface area contributed by atoms with Crippen molar-refractivity contribution < 1.29 is 28.8 Å². The van der Waals surface area contributed by atoms with Crippen molar-refractivity contribution in [2.45, 2.75) is 38.8 Å². The number of carbonyl (C=O) groups is 3. The molecule has 0 saturated carbocycles. The number of benzene rings is 1. The molecule has 1 N–H and O–H groups in total. The molecule has 9 heteroatoms. The summed E-state index contributed by atoms with van der Waals surface area (Å²) in [7, 11) is 1.04. The minimum absolute atomic E-state index is 0.00432. The van der Waals surface area contributed by atoms with E-state index in [0.717, 1.165) is 7.11 Å². The largest absolute Gasteiger partial charge is 0.462 e. The number of hydrogen-bond donors (Lipinski definition) is 1. The van der Waals surface area contributed by atoms with Gasteiger partial charge >= 0.3 is 17.8 Å². The van der Waals surface area contributed by atoms with E-state index in [4.69, 9.17) is 4.74 Å². The van der Waals surface area contributed by atoms with Gasteiger partial charge < -0.3 is 14.8 Å². The smallest absolute Gasteiger partial charge is 0.396 e. The summed E-state index contributed by atoms with van der Waals surface area (Å²) in [5.74, 6) is -2.96. The second kappa shape index (κ2) is 8.22. The summed E-state index contributed by atoms with van der Waals surface area (Å²) in [6.07, 6.45) is -0.00432. The molecule has 1 aromatic rings. The lowest BCUT2D eigenvalue weighted by Crippen LogP contribution is -2.48. The normalized spacial score (nSPS) is 12.0. The van der Waals surface area contributed by atoms with Crippen molar-refractivity contribution in [1.82, 2.24) is 5.32 Å². The summed E-state index contributed by atoms with van der Waals surface area (Å²) in [6.45, 7) is 4.99. The quantitative estimate of drug-likeness (QED) is 0.364. The Bertz CT molecular complexity index is 662. The molecule has 0 fully saturated rings. The number of nitro groups is 1. The van der Waals surface area contributed by atoms with Gasteiger partial charge in [0.05, 0.1) is 12.0 Å². The van der Waals surface area contributed by atoms with Gasteiger partial charge in [0.1, 0.15) is 11.6 Å². The third-order valence-corrected chi connectivity index (χ3v) is 2.95. The Morgan fingerprint density at radius 3 is 2.20 bits per heavy atom. The van der Waals surface area contributed by atoms with Gasteiger partial charge in [0, 0.05) is 18.6 Å². The van der Waals surface area contributed by atoms with Crippen LogP contribution >= 0.6 is 0 Å².